The van der Waals surface area contributed by atoms with E-state index >= 15 is 0 Å². The average molecular weight is 347 g/mol. The minimum atomic E-state index is -1.00. The largest absolute Gasteiger partial charge is 0.476 e. The van der Waals surface area contributed by atoms with Crippen molar-refractivity contribution in [3.63, 3.8) is 0 Å². The molecule has 0 fully saturated rings. The molecule has 0 spiro atoms. The number of para-hydroxylation sites is 1. The van der Waals surface area contributed by atoms with E-state index in [0.717, 1.165) is 0 Å². The fraction of sp³-hybridized carbons (Fsp3) is 0.150. The second kappa shape index (κ2) is 6.05. The van der Waals surface area contributed by atoms with Gasteiger partial charge in [-0.2, -0.15) is 5.26 Å². The summed E-state index contributed by atoms with van der Waals surface area (Å²) in [5.41, 5.74) is 1.26. The summed E-state index contributed by atoms with van der Waals surface area (Å²) in [4.78, 5) is 24.9. The molecule has 0 aliphatic carbocycles. The van der Waals surface area contributed by atoms with Gasteiger partial charge in [-0.15, -0.1) is 0 Å². The summed E-state index contributed by atoms with van der Waals surface area (Å²) >= 11 is 0. The molecule has 1 aliphatic rings. The van der Waals surface area contributed by atoms with Gasteiger partial charge in [0, 0.05) is 0 Å². The topological polar surface area (TPSA) is 89.5 Å². The molecule has 0 saturated heterocycles. The number of rotatable bonds is 2. The standard InChI is InChI=1S/C20H13NO5/c1-24-20(23)18-15(12-8-6-11(10-21)7-9-12)16-17(26-18)13-4-2-3-5-14(13)25-19(16)22/h2-9,15,18H,1H3/t15-,18+/m0/s1. The second-order valence-corrected chi connectivity index (χ2v) is 5.90. The maximum absolute atomic E-state index is 12.6. The van der Waals surface area contributed by atoms with Crippen LogP contribution in [0.5, 0.6) is 5.75 Å². The van der Waals surface area contributed by atoms with E-state index in [4.69, 9.17) is 19.2 Å². The maximum Gasteiger partial charge on any atom is 0.348 e. The number of esters is 1. The normalized spacial score (nSPS) is 18.0. The van der Waals surface area contributed by atoms with Crippen molar-refractivity contribution in [1.82, 2.24) is 0 Å². The van der Waals surface area contributed by atoms with Crippen LogP contribution in [0.25, 0.3) is 11.0 Å². The Morgan fingerprint density at radius 2 is 1.88 bits per heavy atom. The highest BCUT2D eigenvalue weighted by molar-refractivity contribution is 5.88. The second-order valence-electron chi connectivity index (χ2n) is 5.90. The van der Waals surface area contributed by atoms with Crippen molar-refractivity contribution in [3.05, 3.63) is 75.6 Å². The number of nitriles is 1. The smallest absolute Gasteiger partial charge is 0.348 e. The zero-order valence-corrected chi connectivity index (χ0v) is 13.8. The Kier molecular flexibility index (Phi) is 3.70. The van der Waals surface area contributed by atoms with Crippen LogP contribution in [0, 0.1) is 11.3 Å². The first kappa shape index (κ1) is 15.9. The van der Waals surface area contributed by atoms with E-state index in [9.17, 15) is 9.59 Å². The lowest BCUT2D eigenvalue weighted by atomic mass is 9.88. The summed E-state index contributed by atoms with van der Waals surface area (Å²) in [6.45, 7) is 0. The number of hydrogen-bond donors (Lipinski definition) is 0. The highest BCUT2D eigenvalue weighted by Gasteiger charge is 2.44. The fourth-order valence-corrected chi connectivity index (χ4v) is 3.28. The Morgan fingerprint density at radius 3 is 2.58 bits per heavy atom. The highest BCUT2D eigenvalue weighted by Crippen LogP contribution is 2.44. The molecule has 2 atom stereocenters. The fourth-order valence-electron chi connectivity index (χ4n) is 3.28. The lowest BCUT2D eigenvalue weighted by molar-refractivity contribution is -0.148. The van der Waals surface area contributed by atoms with Crippen molar-refractivity contribution in [2.45, 2.75) is 12.0 Å². The van der Waals surface area contributed by atoms with E-state index < -0.39 is 23.6 Å². The molecule has 0 saturated carbocycles. The van der Waals surface area contributed by atoms with Gasteiger partial charge in [0.05, 0.1) is 35.6 Å². The molecule has 1 aromatic heterocycles. The van der Waals surface area contributed by atoms with Gasteiger partial charge in [-0.05, 0) is 29.8 Å². The van der Waals surface area contributed by atoms with Crippen LogP contribution in [0.1, 0.15) is 22.6 Å². The lowest BCUT2D eigenvalue weighted by Gasteiger charge is -2.16. The summed E-state index contributed by atoms with van der Waals surface area (Å²) in [6.07, 6.45) is -1.00. The quantitative estimate of drug-likeness (QED) is 0.523. The van der Waals surface area contributed by atoms with Crippen LogP contribution in [0.15, 0.2) is 57.7 Å². The molecule has 6 nitrogen and oxygen atoms in total. The Bertz CT molecular complexity index is 1110. The number of benzene rings is 2. The molecule has 0 bridgehead atoms. The molecular formula is C20H13NO5. The van der Waals surface area contributed by atoms with E-state index in [2.05, 4.69) is 0 Å². The number of fused-ring (bicyclic) bond motifs is 3. The summed E-state index contributed by atoms with van der Waals surface area (Å²) < 4.78 is 16.2. The number of hydrogen-bond acceptors (Lipinski definition) is 6. The van der Waals surface area contributed by atoms with Crippen molar-refractivity contribution >= 4 is 16.9 Å². The van der Waals surface area contributed by atoms with Gasteiger partial charge in [0.2, 0.25) is 6.10 Å². The Labute approximate surface area is 148 Å². The average Bonchev–Trinajstić information content (AvgIpc) is 3.09. The number of carbonyl (C=O) groups excluding carboxylic acids is 1. The summed E-state index contributed by atoms with van der Waals surface area (Å²) in [6, 6.07) is 15.7. The van der Waals surface area contributed by atoms with Gasteiger partial charge in [0.1, 0.15) is 11.3 Å². The molecule has 2 aromatic carbocycles. The van der Waals surface area contributed by atoms with Gasteiger partial charge in [-0.25, -0.2) is 9.59 Å². The van der Waals surface area contributed by atoms with Gasteiger partial charge < -0.3 is 13.9 Å². The summed E-state index contributed by atoms with van der Waals surface area (Å²) in [7, 11) is 1.27. The predicted molar refractivity (Wildman–Crippen MR) is 91.9 cm³/mol. The van der Waals surface area contributed by atoms with E-state index in [1.54, 1.807) is 48.5 Å². The monoisotopic (exact) mass is 347 g/mol. The van der Waals surface area contributed by atoms with Crippen molar-refractivity contribution in [1.29, 1.82) is 5.26 Å². The Balaban J connectivity index is 1.96. The van der Waals surface area contributed by atoms with Crippen LogP contribution in [0.4, 0.5) is 0 Å². The number of ether oxygens (including phenoxy) is 2. The predicted octanol–water partition coefficient (Wildman–Crippen LogP) is 2.73. The summed E-state index contributed by atoms with van der Waals surface area (Å²) in [5, 5.41) is 9.60. The zero-order chi connectivity index (χ0) is 18.3. The number of nitrogens with zero attached hydrogens (tertiary/aromatic N) is 1. The van der Waals surface area contributed by atoms with E-state index in [-0.39, 0.29) is 5.56 Å². The molecule has 4 rings (SSSR count). The maximum atomic E-state index is 12.6. The Morgan fingerprint density at radius 1 is 1.15 bits per heavy atom. The van der Waals surface area contributed by atoms with Crippen LogP contribution in [0.2, 0.25) is 0 Å². The molecule has 0 unspecified atom stereocenters. The minimum Gasteiger partial charge on any atom is -0.476 e. The highest BCUT2D eigenvalue weighted by atomic mass is 16.6. The molecule has 1 aliphatic heterocycles. The zero-order valence-electron chi connectivity index (χ0n) is 13.8. The molecule has 0 amide bonds. The van der Waals surface area contributed by atoms with Crippen molar-refractivity contribution in [2.24, 2.45) is 0 Å². The third-order valence-corrected chi connectivity index (χ3v) is 4.49. The minimum absolute atomic E-state index is 0.281. The molecule has 0 radical (unpaired) electrons. The van der Waals surface area contributed by atoms with E-state index in [1.807, 2.05) is 6.07 Å². The molecule has 26 heavy (non-hydrogen) atoms. The molecule has 128 valence electrons. The SMILES string of the molecule is COC(=O)[C@@H]1Oc2c(c(=O)oc3ccccc23)[C@@H]1c1ccc(C#N)cc1. The molecule has 6 heteroatoms. The molecule has 0 N–H and O–H groups in total. The van der Waals surface area contributed by atoms with Gasteiger partial charge in [0.15, 0.2) is 0 Å². The van der Waals surface area contributed by atoms with Crippen LogP contribution < -0.4 is 10.4 Å². The first-order chi connectivity index (χ1) is 12.6. The third-order valence-electron chi connectivity index (χ3n) is 4.49. The third kappa shape index (κ3) is 2.33. The van der Waals surface area contributed by atoms with Crippen molar-refractivity contribution < 1.29 is 18.7 Å². The summed E-state index contributed by atoms with van der Waals surface area (Å²) in [5.74, 6) is -0.924. The van der Waals surface area contributed by atoms with Gasteiger partial charge in [0.25, 0.3) is 0 Å². The first-order valence-electron chi connectivity index (χ1n) is 7.94. The Hall–Kier alpha value is -3.59. The van der Waals surface area contributed by atoms with Crippen LogP contribution in [0.3, 0.4) is 0 Å². The van der Waals surface area contributed by atoms with E-state index in [1.165, 1.54) is 7.11 Å². The first-order valence-corrected chi connectivity index (χ1v) is 7.94. The number of carbonyl (C=O) groups is 1. The molecule has 3 aromatic rings. The lowest BCUT2D eigenvalue weighted by Crippen LogP contribution is -2.31. The van der Waals surface area contributed by atoms with Gasteiger partial charge in [-0.3, -0.25) is 0 Å². The van der Waals surface area contributed by atoms with Crippen LogP contribution in [-0.2, 0) is 9.53 Å². The van der Waals surface area contributed by atoms with Gasteiger partial charge in [-0.1, -0.05) is 24.3 Å². The molecular weight excluding hydrogens is 334 g/mol. The van der Waals surface area contributed by atoms with Gasteiger partial charge >= 0.3 is 11.6 Å². The van der Waals surface area contributed by atoms with Crippen LogP contribution >= 0.6 is 0 Å². The van der Waals surface area contributed by atoms with E-state index in [0.29, 0.717) is 27.8 Å². The van der Waals surface area contributed by atoms with Crippen molar-refractivity contribution in [2.75, 3.05) is 7.11 Å². The van der Waals surface area contributed by atoms with Crippen molar-refractivity contribution in [3.8, 4) is 11.8 Å². The molecule has 2 heterocycles. The number of methoxy groups -OCH3 is 1. The van der Waals surface area contributed by atoms with Crippen LogP contribution in [-0.4, -0.2) is 19.2 Å².